The second-order valence-electron chi connectivity index (χ2n) is 8.01. The van der Waals surface area contributed by atoms with Crippen molar-refractivity contribution in [1.82, 2.24) is 9.47 Å². The number of hydrogen-bond donors (Lipinski definition) is 0. The highest BCUT2D eigenvalue weighted by atomic mass is 19.4. The molecule has 2 bridgehead atoms. The molecule has 0 spiro atoms. The summed E-state index contributed by atoms with van der Waals surface area (Å²) in [6.07, 6.45) is -3.23. The number of alkyl halides is 3. The Kier molecular flexibility index (Phi) is 5.44. The maximum atomic E-state index is 13.1. The summed E-state index contributed by atoms with van der Waals surface area (Å²) in [7, 11) is 1.56. The lowest BCUT2D eigenvalue weighted by atomic mass is 9.82. The number of methoxy groups -OCH3 is 1. The normalized spacial score (nSPS) is 20.7. The van der Waals surface area contributed by atoms with E-state index < -0.39 is 11.7 Å². The van der Waals surface area contributed by atoms with Crippen LogP contribution in [0.3, 0.4) is 0 Å². The molecule has 0 unspecified atom stereocenters. The van der Waals surface area contributed by atoms with Crippen molar-refractivity contribution < 1.29 is 22.7 Å². The maximum Gasteiger partial charge on any atom is 0.416 e. The molecule has 3 heterocycles. The topological polar surface area (TPSA) is 51.5 Å². The number of carbonyl (C=O) groups excluding carboxylic acids is 1. The van der Waals surface area contributed by atoms with Crippen LogP contribution in [0.25, 0.3) is 11.1 Å². The number of hydrogen-bond acceptors (Lipinski definition) is 3. The molecule has 2 atom stereocenters. The minimum Gasteiger partial charge on any atom is -0.384 e. The smallest absolute Gasteiger partial charge is 0.384 e. The van der Waals surface area contributed by atoms with E-state index in [-0.39, 0.29) is 34.4 Å². The van der Waals surface area contributed by atoms with Crippen LogP contribution in [-0.4, -0.2) is 42.2 Å². The first kappa shape index (κ1) is 20.7. The van der Waals surface area contributed by atoms with E-state index in [0.717, 1.165) is 24.2 Å². The zero-order chi connectivity index (χ0) is 21.5. The van der Waals surface area contributed by atoms with Gasteiger partial charge in [0.25, 0.3) is 5.56 Å². The van der Waals surface area contributed by atoms with Crippen molar-refractivity contribution in [3.8, 4) is 11.1 Å². The molecule has 2 aliphatic heterocycles. The van der Waals surface area contributed by atoms with Crippen LogP contribution in [0.15, 0.2) is 41.2 Å². The van der Waals surface area contributed by atoms with Crippen LogP contribution in [-0.2, 0) is 22.3 Å². The van der Waals surface area contributed by atoms with Crippen molar-refractivity contribution >= 4 is 5.91 Å². The second kappa shape index (κ2) is 7.91. The third-order valence-corrected chi connectivity index (χ3v) is 5.98. The first-order chi connectivity index (χ1) is 14.3. The van der Waals surface area contributed by atoms with Gasteiger partial charge in [0, 0.05) is 43.9 Å². The Balaban J connectivity index is 1.64. The number of nitrogens with zero attached hydrogens (tertiary/aromatic N) is 2. The highest BCUT2D eigenvalue weighted by molar-refractivity contribution is 5.76. The molecule has 1 aromatic heterocycles. The lowest BCUT2D eigenvalue weighted by molar-refractivity contribution is -0.137. The molecule has 1 aromatic carbocycles. The minimum atomic E-state index is -4.46. The van der Waals surface area contributed by atoms with Gasteiger partial charge in [-0.15, -0.1) is 0 Å². The molecule has 1 saturated heterocycles. The molecule has 0 radical (unpaired) electrons. The first-order valence-corrected chi connectivity index (χ1v) is 9.96. The zero-order valence-electron chi connectivity index (χ0n) is 16.6. The molecule has 5 nitrogen and oxygen atoms in total. The van der Waals surface area contributed by atoms with E-state index >= 15 is 0 Å². The number of rotatable bonds is 4. The van der Waals surface area contributed by atoms with Crippen molar-refractivity contribution in [3.05, 3.63) is 58.0 Å². The summed E-state index contributed by atoms with van der Waals surface area (Å²) in [6.45, 7) is 1.96. The highest BCUT2D eigenvalue weighted by Crippen LogP contribution is 2.36. The van der Waals surface area contributed by atoms with Gasteiger partial charge in [-0.25, -0.2) is 0 Å². The van der Waals surface area contributed by atoms with Gasteiger partial charge < -0.3 is 14.2 Å². The van der Waals surface area contributed by atoms with Crippen molar-refractivity contribution in [2.45, 2.75) is 31.5 Å². The maximum absolute atomic E-state index is 13.1. The molecule has 4 rings (SSSR count). The number of amides is 1. The number of benzene rings is 1. The monoisotopic (exact) mass is 420 g/mol. The summed E-state index contributed by atoms with van der Waals surface area (Å²) >= 11 is 0. The molecule has 1 amide bonds. The molecule has 0 saturated carbocycles. The third kappa shape index (κ3) is 3.88. The summed E-state index contributed by atoms with van der Waals surface area (Å²) < 4.78 is 45.9. The number of ether oxygens (including phenoxy) is 1. The fraction of sp³-hybridized carbons (Fsp3) is 0.455. The Hall–Kier alpha value is -2.61. The Morgan fingerprint density at radius 1 is 1.17 bits per heavy atom. The summed E-state index contributed by atoms with van der Waals surface area (Å²) in [5.74, 6) is 0.243. The largest absolute Gasteiger partial charge is 0.416 e. The average Bonchev–Trinajstić information content (AvgIpc) is 2.72. The first-order valence-electron chi connectivity index (χ1n) is 9.96. The van der Waals surface area contributed by atoms with Crippen LogP contribution in [0.5, 0.6) is 0 Å². The summed E-state index contributed by atoms with van der Waals surface area (Å²) in [5, 5.41) is 0. The number of piperidine rings is 1. The molecule has 1 fully saturated rings. The molecule has 30 heavy (non-hydrogen) atoms. The highest BCUT2D eigenvalue weighted by Gasteiger charge is 2.36. The van der Waals surface area contributed by atoms with Crippen molar-refractivity contribution in [2.24, 2.45) is 5.92 Å². The van der Waals surface area contributed by atoms with Gasteiger partial charge in [0.1, 0.15) is 0 Å². The lowest BCUT2D eigenvalue weighted by Crippen LogP contribution is -2.49. The molecular weight excluding hydrogens is 397 g/mol. The Morgan fingerprint density at radius 3 is 2.70 bits per heavy atom. The van der Waals surface area contributed by atoms with Crippen LogP contribution in [0.4, 0.5) is 13.2 Å². The molecular formula is C22H23F3N2O3. The van der Waals surface area contributed by atoms with Gasteiger partial charge in [-0.2, -0.15) is 13.2 Å². The SMILES string of the molecule is COCCC(=O)N1C[C@H]2C[C@H](C1)c1ccc(-c3cccc(C(F)(F)F)c3)c(=O)n1C2. The van der Waals surface area contributed by atoms with E-state index in [4.69, 9.17) is 4.74 Å². The predicted octanol–water partition coefficient (Wildman–Crippen LogP) is 3.52. The van der Waals surface area contributed by atoms with Crippen molar-refractivity contribution in [3.63, 3.8) is 0 Å². The van der Waals surface area contributed by atoms with Gasteiger partial charge in [0.05, 0.1) is 18.6 Å². The van der Waals surface area contributed by atoms with Crippen LogP contribution in [0.2, 0.25) is 0 Å². The minimum absolute atomic E-state index is 0.0444. The number of halogens is 3. The number of pyridine rings is 1. The molecule has 2 aromatic rings. The molecule has 2 aliphatic rings. The third-order valence-electron chi connectivity index (χ3n) is 5.98. The van der Waals surface area contributed by atoms with Crippen LogP contribution in [0, 0.1) is 5.92 Å². The molecule has 160 valence electrons. The second-order valence-corrected chi connectivity index (χ2v) is 8.01. The van der Waals surface area contributed by atoms with Crippen LogP contribution in [0.1, 0.15) is 30.0 Å². The summed E-state index contributed by atoms with van der Waals surface area (Å²) in [6, 6.07) is 8.29. The van der Waals surface area contributed by atoms with Gasteiger partial charge in [-0.1, -0.05) is 12.1 Å². The number of likely N-dealkylation sites (tertiary alicyclic amines) is 1. The summed E-state index contributed by atoms with van der Waals surface area (Å²) in [5.41, 5.74) is 0.316. The van der Waals surface area contributed by atoms with Gasteiger partial charge in [-0.05, 0) is 42.2 Å². The lowest BCUT2D eigenvalue weighted by Gasteiger charge is -2.43. The molecule has 0 N–H and O–H groups in total. The fourth-order valence-corrected chi connectivity index (χ4v) is 4.58. The van der Waals surface area contributed by atoms with E-state index in [2.05, 4.69) is 0 Å². The Morgan fingerprint density at radius 2 is 1.97 bits per heavy atom. The zero-order valence-corrected chi connectivity index (χ0v) is 16.6. The van der Waals surface area contributed by atoms with Gasteiger partial charge >= 0.3 is 6.18 Å². The number of aromatic nitrogens is 1. The Labute approximate surface area is 172 Å². The van der Waals surface area contributed by atoms with E-state index in [1.165, 1.54) is 12.1 Å². The number of carbonyl (C=O) groups is 1. The van der Waals surface area contributed by atoms with Crippen LogP contribution >= 0.6 is 0 Å². The van der Waals surface area contributed by atoms with Gasteiger partial charge in [-0.3, -0.25) is 9.59 Å². The molecule has 0 aliphatic carbocycles. The fourth-order valence-electron chi connectivity index (χ4n) is 4.58. The standard InChI is InChI=1S/C22H23F3N2O3/c1-30-8-7-20(28)26-11-14-9-16(13-26)19-6-5-18(21(29)27(19)12-14)15-3-2-4-17(10-15)22(23,24)25/h2-6,10,14,16H,7-9,11-13H2,1H3/t14-,16-/m1/s1. The van der Waals surface area contributed by atoms with E-state index in [1.807, 2.05) is 11.0 Å². The van der Waals surface area contributed by atoms with Crippen molar-refractivity contribution in [2.75, 3.05) is 26.8 Å². The molecule has 8 heteroatoms. The predicted molar refractivity (Wildman–Crippen MR) is 105 cm³/mol. The van der Waals surface area contributed by atoms with Crippen LogP contribution < -0.4 is 5.56 Å². The van der Waals surface area contributed by atoms with E-state index in [1.54, 1.807) is 17.7 Å². The van der Waals surface area contributed by atoms with Gasteiger partial charge in [0.2, 0.25) is 5.91 Å². The van der Waals surface area contributed by atoms with E-state index in [9.17, 15) is 22.8 Å². The average molecular weight is 420 g/mol. The number of fused-ring (bicyclic) bond motifs is 4. The summed E-state index contributed by atoms with van der Waals surface area (Å²) in [4.78, 5) is 27.4. The quantitative estimate of drug-likeness (QED) is 0.761. The van der Waals surface area contributed by atoms with Crippen molar-refractivity contribution in [1.29, 1.82) is 0 Å². The van der Waals surface area contributed by atoms with E-state index in [0.29, 0.717) is 32.7 Å². The Bertz CT molecular complexity index is 1020. The van der Waals surface area contributed by atoms with Gasteiger partial charge in [0.15, 0.2) is 0 Å².